The van der Waals surface area contributed by atoms with Crippen LogP contribution in [0.3, 0.4) is 0 Å². The van der Waals surface area contributed by atoms with E-state index in [1.807, 2.05) is 0 Å². The van der Waals surface area contributed by atoms with E-state index in [1.54, 1.807) is 23.9 Å². The van der Waals surface area contributed by atoms with E-state index in [1.165, 1.54) is 55.8 Å². The molecule has 1 unspecified atom stereocenters. The molecule has 0 fully saturated rings. The maximum absolute atomic E-state index is 14.6. The summed E-state index contributed by atoms with van der Waals surface area (Å²) in [5.41, 5.74) is 0.435. The molecule has 10 heteroatoms. The first-order chi connectivity index (χ1) is 14.7. The molecule has 8 nitrogen and oxygen atoms in total. The van der Waals surface area contributed by atoms with Gasteiger partial charge in [0.05, 0.1) is 7.11 Å². The molecule has 0 aliphatic heterocycles. The number of aryl methyl sites for hydroxylation is 1. The van der Waals surface area contributed by atoms with Crippen molar-refractivity contribution in [1.82, 2.24) is 14.3 Å². The van der Waals surface area contributed by atoms with Crippen LogP contribution in [0.15, 0.2) is 65.8 Å². The predicted molar refractivity (Wildman–Crippen MR) is 111 cm³/mol. The van der Waals surface area contributed by atoms with Crippen molar-refractivity contribution in [2.45, 2.75) is 10.9 Å². The molecule has 162 valence electrons. The number of carbonyl (C=O) groups is 1. The first kappa shape index (κ1) is 22.2. The van der Waals surface area contributed by atoms with Gasteiger partial charge < -0.3 is 14.4 Å². The van der Waals surface area contributed by atoms with E-state index in [2.05, 4.69) is 9.71 Å². The smallest absolute Gasteiger partial charge is 0.328 e. The highest BCUT2D eigenvalue weighted by Crippen LogP contribution is 2.30. The van der Waals surface area contributed by atoms with E-state index in [-0.39, 0.29) is 22.0 Å². The van der Waals surface area contributed by atoms with Gasteiger partial charge in [-0.15, -0.1) is 0 Å². The fourth-order valence-electron chi connectivity index (χ4n) is 3.01. The summed E-state index contributed by atoms with van der Waals surface area (Å²) in [6.07, 6.45) is 5.25. The monoisotopic (exact) mass is 445 g/mol. The molecule has 2 N–H and O–H groups in total. The largest absolute Gasteiger partial charge is 0.495 e. The Hall–Kier alpha value is -3.50. The fraction of sp³-hybridized carbons (Fsp3) is 0.143. The van der Waals surface area contributed by atoms with Gasteiger partial charge in [0.1, 0.15) is 28.3 Å². The van der Waals surface area contributed by atoms with Crippen molar-refractivity contribution in [2.75, 3.05) is 7.11 Å². The molecule has 0 saturated carbocycles. The first-order valence-corrected chi connectivity index (χ1v) is 10.5. The number of hydrogen-bond acceptors (Lipinski definition) is 5. The Balaban J connectivity index is 2.09. The molecule has 1 aromatic heterocycles. The maximum Gasteiger partial charge on any atom is 0.328 e. The lowest BCUT2D eigenvalue weighted by atomic mass is 10.1. The molecule has 0 aliphatic rings. The molecular weight excluding hydrogens is 425 g/mol. The highest BCUT2D eigenvalue weighted by atomic mass is 32.2. The topological polar surface area (TPSA) is 111 Å². The molecule has 3 aromatic rings. The average Bonchev–Trinajstić information content (AvgIpc) is 3.16. The fourth-order valence-corrected chi connectivity index (χ4v) is 4.39. The van der Waals surface area contributed by atoms with Crippen molar-refractivity contribution in [3.8, 4) is 5.75 Å². The van der Waals surface area contributed by atoms with Crippen LogP contribution >= 0.6 is 0 Å². The lowest BCUT2D eigenvalue weighted by Gasteiger charge is -2.20. The van der Waals surface area contributed by atoms with Crippen LogP contribution in [-0.4, -0.2) is 36.2 Å². The zero-order valence-corrected chi connectivity index (χ0v) is 17.5. The summed E-state index contributed by atoms with van der Waals surface area (Å²) in [5, 5.41) is 8.82. The molecule has 2 aromatic carbocycles. The third kappa shape index (κ3) is 4.98. The van der Waals surface area contributed by atoms with Crippen LogP contribution in [0, 0.1) is 5.82 Å². The summed E-state index contributed by atoms with van der Waals surface area (Å²) in [4.78, 5) is 14.7. The molecule has 1 heterocycles. The Labute approximate surface area is 178 Å². The molecule has 0 spiro atoms. The number of nitrogens with one attached hydrogen (secondary N) is 1. The Kier molecular flexibility index (Phi) is 6.52. The number of carboxylic acids is 1. The molecule has 31 heavy (non-hydrogen) atoms. The highest BCUT2D eigenvalue weighted by Gasteiger charge is 2.29. The number of aromatic nitrogens is 2. The summed E-state index contributed by atoms with van der Waals surface area (Å²) in [6, 6.07) is 8.90. The van der Waals surface area contributed by atoms with Crippen molar-refractivity contribution in [3.05, 3.63) is 83.7 Å². The van der Waals surface area contributed by atoms with Gasteiger partial charge >= 0.3 is 5.97 Å². The lowest BCUT2D eigenvalue weighted by Crippen LogP contribution is -2.32. The van der Waals surface area contributed by atoms with Gasteiger partial charge in [0.15, 0.2) is 0 Å². The Morgan fingerprint density at radius 2 is 2.03 bits per heavy atom. The molecule has 0 amide bonds. The third-order valence-corrected chi connectivity index (χ3v) is 5.95. The van der Waals surface area contributed by atoms with Gasteiger partial charge in [-0.1, -0.05) is 24.3 Å². The standard InChI is InChI=1S/C21H20FN3O5S/c1-25-12-11-23-21(25)20(15-5-3-4-6-16(15)22)24-31(28,29)18-13-14(8-10-19(26)27)7-9-17(18)30-2/h3-13,20,24H,1-2H3,(H,26,27). The van der Waals surface area contributed by atoms with Crippen LogP contribution in [0.5, 0.6) is 5.75 Å². The second kappa shape index (κ2) is 9.11. The van der Waals surface area contributed by atoms with E-state index in [9.17, 15) is 17.6 Å². The summed E-state index contributed by atoms with van der Waals surface area (Å²) in [5.74, 6) is -1.43. The Morgan fingerprint density at radius 1 is 1.29 bits per heavy atom. The summed E-state index contributed by atoms with van der Waals surface area (Å²) in [6.45, 7) is 0. The van der Waals surface area contributed by atoms with Gasteiger partial charge in [-0.2, -0.15) is 4.72 Å². The third-order valence-electron chi connectivity index (χ3n) is 4.50. The van der Waals surface area contributed by atoms with Gasteiger partial charge in [-0.3, -0.25) is 0 Å². The number of benzene rings is 2. The van der Waals surface area contributed by atoms with Crippen LogP contribution < -0.4 is 9.46 Å². The number of carboxylic acid groups (broad SMARTS) is 1. The van der Waals surface area contributed by atoms with Crippen molar-refractivity contribution >= 4 is 22.1 Å². The van der Waals surface area contributed by atoms with Gasteiger partial charge in [-0.25, -0.2) is 22.6 Å². The number of halogens is 1. The van der Waals surface area contributed by atoms with E-state index in [4.69, 9.17) is 9.84 Å². The SMILES string of the molecule is COc1ccc(C=CC(=O)O)cc1S(=O)(=O)NC(c1ccccc1F)c1nccn1C. The van der Waals surface area contributed by atoms with E-state index < -0.39 is 27.9 Å². The van der Waals surface area contributed by atoms with E-state index >= 15 is 0 Å². The van der Waals surface area contributed by atoms with Crippen LogP contribution in [0.4, 0.5) is 4.39 Å². The molecule has 1 atom stereocenters. The minimum Gasteiger partial charge on any atom is -0.495 e. The number of methoxy groups -OCH3 is 1. The van der Waals surface area contributed by atoms with E-state index in [0.717, 1.165) is 6.08 Å². The van der Waals surface area contributed by atoms with Crippen molar-refractivity contribution in [2.24, 2.45) is 7.05 Å². The Morgan fingerprint density at radius 3 is 2.65 bits per heavy atom. The van der Waals surface area contributed by atoms with Crippen molar-refractivity contribution in [1.29, 1.82) is 0 Å². The predicted octanol–water partition coefficient (Wildman–Crippen LogP) is 2.73. The second-order valence-corrected chi connectivity index (χ2v) is 8.24. The molecule has 0 saturated heterocycles. The van der Waals surface area contributed by atoms with Crippen LogP contribution in [0.25, 0.3) is 6.08 Å². The number of rotatable bonds is 8. The number of sulfonamides is 1. The second-order valence-electron chi connectivity index (χ2n) is 6.55. The minimum absolute atomic E-state index is 0.0482. The Bertz CT molecular complexity index is 1240. The molecule has 0 aliphatic carbocycles. The minimum atomic E-state index is -4.25. The van der Waals surface area contributed by atoms with Gasteiger partial charge in [0.2, 0.25) is 10.0 Å². The van der Waals surface area contributed by atoms with Crippen molar-refractivity contribution < 1.29 is 27.4 Å². The zero-order chi connectivity index (χ0) is 22.6. The molecule has 0 radical (unpaired) electrons. The number of hydrogen-bond donors (Lipinski definition) is 2. The highest BCUT2D eigenvalue weighted by molar-refractivity contribution is 7.89. The van der Waals surface area contributed by atoms with Crippen LogP contribution in [0.1, 0.15) is 23.0 Å². The normalized spacial score (nSPS) is 12.7. The van der Waals surface area contributed by atoms with E-state index in [0.29, 0.717) is 5.56 Å². The number of imidazole rings is 1. The molecule has 0 bridgehead atoms. The summed E-state index contributed by atoms with van der Waals surface area (Å²) in [7, 11) is -1.26. The number of ether oxygens (including phenoxy) is 1. The average molecular weight is 445 g/mol. The molecular formula is C21H20FN3O5S. The summed E-state index contributed by atoms with van der Waals surface area (Å²) < 4.78 is 50.5. The van der Waals surface area contributed by atoms with Gasteiger partial charge in [0, 0.05) is 31.1 Å². The first-order valence-electron chi connectivity index (χ1n) is 9.06. The maximum atomic E-state index is 14.6. The zero-order valence-electron chi connectivity index (χ0n) is 16.7. The van der Waals surface area contributed by atoms with Crippen LogP contribution in [-0.2, 0) is 21.9 Å². The van der Waals surface area contributed by atoms with Crippen molar-refractivity contribution in [3.63, 3.8) is 0 Å². The quantitative estimate of drug-likeness (QED) is 0.516. The summed E-state index contributed by atoms with van der Waals surface area (Å²) >= 11 is 0. The lowest BCUT2D eigenvalue weighted by molar-refractivity contribution is -0.131. The number of aliphatic carboxylic acids is 1. The van der Waals surface area contributed by atoms with Gasteiger partial charge in [-0.05, 0) is 29.8 Å². The molecule has 3 rings (SSSR count). The van der Waals surface area contributed by atoms with Crippen LogP contribution in [0.2, 0.25) is 0 Å². The van der Waals surface area contributed by atoms with Gasteiger partial charge in [0.25, 0.3) is 0 Å². The number of nitrogens with zero attached hydrogens (tertiary/aromatic N) is 2.